The second-order valence-corrected chi connectivity index (χ2v) is 10.5. The SMILES string of the molecule is C#C/C=C\c1c(C)n(-c2ccc3c(=O)c4cc(-n5c6ccccc6c6ccccc65)ccc4oc3c2)c2ccccc12. The number of benzene rings is 5. The molecule has 4 heteroatoms. The van der Waals surface area contributed by atoms with Gasteiger partial charge in [0.15, 0.2) is 0 Å². The van der Waals surface area contributed by atoms with Crippen molar-refractivity contribution in [3.63, 3.8) is 0 Å². The van der Waals surface area contributed by atoms with Crippen molar-refractivity contribution in [2.75, 3.05) is 0 Å². The average molecular weight is 541 g/mol. The highest BCUT2D eigenvalue weighted by Crippen LogP contribution is 2.34. The minimum atomic E-state index is -0.0489. The Morgan fingerprint density at radius 2 is 1.24 bits per heavy atom. The first-order valence-electron chi connectivity index (χ1n) is 13.9. The molecule has 4 nitrogen and oxygen atoms in total. The normalized spacial score (nSPS) is 11.9. The summed E-state index contributed by atoms with van der Waals surface area (Å²) in [5.74, 6) is 2.59. The minimum Gasteiger partial charge on any atom is -0.456 e. The maximum absolute atomic E-state index is 13.9. The maximum atomic E-state index is 13.9. The van der Waals surface area contributed by atoms with Crippen molar-refractivity contribution in [2.24, 2.45) is 0 Å². The summed E-state index contributed by atoms with van der Waals surface area (Å²) in [4.78, 5) is 13.9. The monoisotopic (exact) mass is 540 g/mol. The van der Waals surface area contributed by atoms with E-state index in [0.29, 0.717) is 21.9 Å². The summed E-state index contributed by atoms with van der Waals surface area (Å²) < 4.78 is 10.8. The molecule has 5 aromatic carbocycles. The van der Waals surface area contributed by atoms with Gasteiger partial charge in [0.25, 0.3) is 0 Å². The number of nitrogens with zero attached hydrogens (tertiary/aromatic N) is 2. The Morgan fingerprint density at radius 1 is 0.643 bits per heavy atom. The van der Waals surface area contributed by atoms with Crippen LogP contribution in [-0.2, 0) is 0 Å². The minimum absolute atomic E-state index is 0.0489. The first-order chi connectivity index (χ1) is 20.6. The zero-order valence-electron chi connectivity index (χ0n) is 22.8. The molecule has 0 fully saturated rings. The molecule has 0 bridgehead atoms. The summed E-state index contributed by atoms with van der Waals surface area (Å²) in [5, 5.41) is 4.57. The molecule has 3 aromatic heterocycles. The Hall–Kier alpha value is -5.79. The van der Waals surface area contributed by atoms with Crippen LogP contribution < -0.4 is 5.43 Å². The highest BCUT2D eigenvalue weighted by Gasteiger charge is 2.17. The van der Waals surface area contributed by atoms with Gasteiger partial charge in [0.05, 0.1) is 27.3 Å². The van der Waals surface area contributed by atoms with E-state index in [9.17, 15) is 4.79 Å². The van der Waals surface area contributed by atoms with Gasteiger partial charge in [0, 0.05) is 44.9 Å². The molecule has 0 saturated heterocycles. The number of aromatic nitrogens is 2. The summed E-state index contributed by atoms with van der Waals surface area (Å²) in [7, 11) is 0. The number of rotatable bonds is 3. The van der Waals surface area contributed by atoms with Gasteiger partial charge in [0.1, 0.15) is 11.2 Å². The van der Waals surface area contributed by atoms with Crippen molar-refractivity contribution in [1.82, 2.24) is 9.13 Å². The molecule has 0 aliphatic rings. The third kappa shape index (κ3) is 3.41. The van der Waals surface area contributed by atoms with Crippen molar-refractivity contribution in [2.45, 2.75) is 6.92 Å². The molecule has 42 heavy (non-hydrogen) atoms. The molecule has 0 saturated carbocycles. The number of allylic oxidation sites excluding steroid dienone is 1. The summed E-state index contributed by atoms with van der Waals surface area (Å²) in [6.45, 7) is 2.08. The zero-order valence-corrected chi connectivity index (χ0v) is 22.8. The molecular weight excluding hydrogens is 516 g/mol. The van der Waals surface area contributed by atoms with E-state index in [0.717, 1.165) is 44.6 Å². The van der Waals surface area contributed by atoms with Crippen LogP contribution in [0.15, 0.2) is 124 Å². The van der Waals surface area contributed by atoms with Gasteiger partial charge in [-0.05, 0) is 67.6 Å². The summed E-state index contributed by atoms with van der Waals surface area (Å²) in [6.07, 6.45) is 9.20. The molecular formula is C38H24N2O2. The molecule has 0 atom stereocenters. The maximum Gasteiger partial charge on any atom is 0.200 e. The number of para-hydroxylation sites is 3. The summed E-state index contributed by atoms with van der Waals surface area (Å²) in [6, 6.07) is 36.6. The van der Waals surface area contributed by atoms with Crippen molar-refractivity contribution in [1.29, 1.82) is 0 Å². The third-order valence-corrected chi connectivity index (χ3v) is 8.24. The standard InChI is InChI=1S/C38H24N2O2/c1-3-4-11-27-24(2)39(33-15-8-5-12-28(27)33)26-18-20-31-37(23-26)42-36-21-19-25(22-32(36)38(31)41)40-34-16-9-6-13-29(34)30-14-7-10-17-35(30)40/h1,4-23H,2H3/b11-4-. The van der Waals surface area contributed by atoms with Crippen LogP contribution in [0, 0.1) is 19.3 Å². The fourth-order valence-corrected chi connectivity index (χ4v) is 6.38. The van der Waals surface area contributed by atoms with Crippen LogP contribution in [0.4, 0.5) is 0 Å². The summed E-state index contributed by atoms with van der Waals surface area (Å²) in [5.41, 5.74) is 8.27. The molecule has 0 aliphatic carbocycles. The Labute approximate surface area is 241 Å². The predicted octanol–water partition coefficient (Wildman–Crippen LogP) is 8.94. The van der Waals surface area contributed by atoms with E-state index in [1.807, 2.05) is 66.7 Å². The van der Waals surface area contributed by atoms with Gasteiger partial charge in [-0.2, -0.15) is 0 Å². The zero-order chi connectivity index (χ0) is 28.4. The van der Waals surface area contributed by atoms with Crippen LogP contribution in [0.2, 0.25) is 0 Å². The second-order valence-electron chi connectivity index (χ2n) is 10.5. The van der Waals surface area contributed by atoms with Crippen LogP contribution in [0.3, 0.4) is 0 Å². The van der Waals surface area contributed by atoms with Gasteiger partial charge in [-0.1, -0.05) is 60.5 Å². The highest BCUT2D eigenvalue weighted by molar-refractivity contribution is 6.09. The van der Waals surface area contributed by atoms with E-state index in [1.165, 1.54) is 10.8 Å². The molecule has 0 N–H and O–H groups in total. The molecule has 8 rings (SSSR count). The van der Waals surface area contributed by atoms with E-state index in [-0.39, 0.29) is 5.43 Å². The number of fused-ring (bicyclic) bond motifs is 6. The molecule has 198 valence electrons. The lowest BCUT2D eigenvalue weighted by Crippen LogP contribution is -2.05. The van der Waals surface area contributed by atoms with E-state index in [2.05, 4.69) is 70.5 Å². The molecule has 0 spiro atoms. The van der Waals surface area contributed by atoms with Crippen LogP contribution in [0.25, 0.3) is 72.1 Å². The average Bonchev–Trinajstić information content (AvgIpc) is 3.51. The van der Waals surface area contributed by atoms with Gasteiger partial charge in [-0.15, -0.1) is 6.42 Å². The molecule has 3 heterocycles. The Morgan fingerprint density at radius 3 is 1.93 bits per heavy atom. The lowest BCUT2D eigenvalue weighted by Gasteiger charge is -2.11. The fourth-order valence-electron chi connectivity index (χ4n) is 6.38. The lowest BCUT2D eigenvalue weighted by molar-refractivity contribution is 0.659. The van der Waals surface area contributed by atoms with E-state index in [4.69, 9.17) is 10.8 Å². The first-order valence-corrected chi connectivity index (χ1v) is 13.9. The third-order valence-electron chi connectivity index (χ3n) is 8.24. The number of terminal acetylenes is 1. The predicted molar refractivity (Wildman–Crippen MR) is 174 cm³/mol. The first kappa shape index (κ1) is 24.0. The van der Waals surface area contributed by atoms with Crippen molar-refractivity contribution in [3.05, 3.63) is 137 Å². The van der Waals surface area contributed by atoms with Gasteiger partial charge in [-0.25, -0.2) is 0 Å². The van der Waals surface area contributed by atoms with Gasteiger partial charge in [-0.3, -0.25) is 4.79 Å². The van der Waals surface area contributed by atoms with Crippen LogP contribution in [-0.4, -0.2) is 9.13 Å². The van der Waals surface area contributed by atoms with Crippen LogP contribution in [0.1, 0.15) is 11.3 Å². The van der Waals surface area contributed by atoms with Gasteiger partial charge >= 0.3 is 0 Å². The lowest BCUT2D eigenvalue weighted by atomic mass is 10.1. The van der Waals surface area contributed by atoms with E-state index < -0.39 is 0 Å². The Bertz CT molecular complexity index is 2460. The van der Waals surface area contributed by atoms with Crippen LogP contribution in [0.5, 0.6) is 0 Å². The quantitative estimate of drug-likeness (QED) is 0.166. The number of hydrogen-bond acceptors (Lipinski definition) is 2. The van der Waals surface area contributed by atoms with Gasteiger partial charge < -0.3 is 13.6 Å². The topological polar surface area (TPSA) is 40.1 Å². The fraction of sp³-hybridized carbons (Fsp3) is 0.0263. The van der Waals surface area contributed by atoms with Crippen molar-refractivity contribution >= 4 is 60.7 Å². The molecule has 0 unspecified atom stereocenters. The Kier molecular flexibility index (Phi) is 5.22. The molecule has 8 aromatic rings. The molecule has 0 aliphatic heterocycles. The summed E-state index contributed by atoms with van der Waals surface area (Å²) >= 11 is 0. The highest BCUT2D eigenvalue weighted by atomic mass is 16.3. The van der Waals surface area contributed by atoms with Gasteiger partial charge in [0.2, 0.25) is 5.43 Å². The smallest absolute Gasteiger partial charge is 0.200 e. The molecule has 0 amide bonds. The molecule has 0 radical (unpaired) electrons. The van der Waals surface area contributed by atoms with Crippen molar-refractivity contribution in [3.8, 4) is 23.7 Å². The van der Waals surface area contributed by atoms with E-state index >= 15 is 0 Å². The van der Waals surface area contributed by atoms with Crippen molar-refractivity contribution < 1.29 is 4.42 Å². The van der Waals surface area contributed by atoms with E-state index in [1.54, 1.807) is 6.08 Å². The Balaban J connectivity index is 1.33. The largest absolute Gasteiger partial charge is 0.456 e. The van der Waals surface area contributed by atoms with Crippen LogP contribution >= 0.6 is 0 Å². The number of hydrogen-bond donors (Lipinski definition) is 0. The second kappa shape index (κ2) is 9.12.